The van der Waals surface area contributed by atoms with Crippen molar-refractivity contribution >= 4 is 11.1 Å². The van der Waals surface area contributed by atoms with Gasteiger partial charge in [0, 0.05) is 0 Å². The number of ether oxygens (including phenoxy) is 1. The van der Waals surface area contributed by atoms with Gasteiger partial charge < -0.3 is 9.29 Å². The molecule has 0 aromatic carbocycles. The first kappa shape index (κ1) is 10.0. The normalized spacial score (nSPS) is 25.6. The average Bonchev–Trinajstić information content (AvgIpc) is 1.60. The van der Waals surface area contributed by atoms with Gasteiger partial charge in [-0.25, -0.2) is 4.39 Å². The zero-order chi connectivity index (χ0) is 6.20. The Kier molecular flexibility index (Phi) is 3.79. The van der Waals surface area contributed by atoms with Crippen molar-refractivity contribution in [3.8, 4) is 0 Å². The molecule has 3 nitrogen and oxygen atoms in total. The molecular formula is C3H4FNaO3S. The van der Waals surface area contributed by atoms with Gasteiger partial charge in [-0.3, -0.25) is 4.21 Å². The van der Waals surface area contributed by atoms with Crippen LogP contribution in [0.2, 0.25) is 0 Å². The van der Waals surface area contributed by atoms with Crippen LogP contribution >= 0.6 is 0 Å². The molecule has 0 spiro atoms. The van der Waals surface area contributed by atoms with Crippen LogP contribution in [0.1, 0.15) is 0 Å². The summed E-state index contributed by atoms with van der Waals surface area (Å²) in [6.45, 7) is -0.633. The van der Waals surface area contributed by atoms with Crippen LogP contribution in [0.25, 0.3) is 0 Å². The van der Waals surface area contributed by atoms with Crippen LogP contribution in [0.5, 0.6) is 0 Å². The van der Waals surface area contributed by atoms with E-state index >= 15 is 0 Å². The molecule has 6 heteroatoms. The van der Waals surface area contributed by atoms with E-state index in [0.29, 0.717) is 0 Å². The Hall–Kier alpha value is 1.00. The summed E-state index contributed by atoms with van der Waals surface area (Å²) in [5, 5.41) is -2.08. The van der Waals surface area contributed by atoms with Gasteiger partial charge in [-0.15, -0.1) is 0 Å². The van der Waals surface area contributed by atoms with Crippen molar-refractivity contribution in [2.45, 2.75) is 5.00 Å². The SMILES string of the molecule is O=S([O-])C1(F)COC1.[Na+]. The third-order valence-corrected chi connectivity index (χ3v) is 1.77. The van der Waals surface area contributed by atoms with E-state index in [9.17, 15) is 13.2 Å². The fourth-order valence-corrected chi connectivity index (χ4v) is 0.718. The molecule has 0 aromatic rings. The first-order valence-corrected chi connectivity index (χ1v) is 3.09. The van der Waals surface area contributed by atoms with E-state index in [1.807, 2.05) is 0 Å². The van der Waals surface area contributed by atoms with E-state index in [1.165, 1.54) is 0 Å². The summed E-state index contributed by atoms with van der Waals surface area (Å²) < 4.78 is 36.3. The minimum atomic E-state index is -2.63. The van der Waals surface area contributed by atoms with Crippen molar-refractivity contribution in [3.05, 3.63) is 0 Å². The maximum Gasteiger partial charge on any atom is 1.00 e. The second-order valence-corrected chi connectivity index (χ2v) is 2.81. The molecule has 0 N–H and O–H groups in total. The number of halogens is 1. The van der Waals surface area contributed by atoms with Crippen LogP contribution < -0.4 is 29.6 Å². The molecule has 1 rings (SSSR count). The standard InChI is InChI=1S/C3H5FO3S.Na/c4-3(8(5)6)1-7-2-3;/h1-2H2,(H,5,6);/q;+1/p-1. The third-order valence-electron chi connectivity index (χ3n) is 0.934. The number of alkyl halides is 1. The molecule has 0 aromatic heterocycles. The van der Waals surface area contributed by atoms with E-state index < -0.39 is 16.1 Å². The molecule has 0 amide bonds. The largest absolute Gasteiger partial charge is 1.00 e. The van der Waals surface area contributed by atoms with Gasteiger partial charge in [0.15, 0.2) is 0 Å². The number of hydrogen-bond donors (Lipinski definition) is 0. The van der Waals surface area contributed by atoms with Gasteiger partial charge in [-0.2, -0.15) is 0 Å². The van der Waals surface area contributed by atoms with Crippen molar-refractivity contribution in [1.82, 2.24) is 0 Å². The quantitative estimate of drug-likeness (QED) is 0.298. The molecule has 48 valence electrons. The fraction of sp³-hybridized carbons (Fsp3) is 1.00. The second kappa shape index (κ2) is 3.41. The summed E-state index contributed by atoms with van der Waals surface area (Å²) in [5.74, 6) is 0. The van der Waals surface area contributed by atoms with Gasteiger partial charge in [-0.05, 0) is 11.1 Å². The van der Waals surface area contributed by atoms with E-state index in [4.69, 9.17) is 0 Å². The van der Waals surface area contributed by atoms with Gasteiger partial charge in [-0.1, -0.05) is 0 Å². The van der Waals surface area contributed by atoms with Crippen LogP contribution in [0.15, 0.2) is 0 Å². The first-order chi connectivity index (χ1) is 3.65. The zero-order valence-electron chi connectivity index (χ0n) is 4.93. The van der Waals surface area contributed by atoms with Gasteiger partial charge in [0.2, 0.25) is 5.00 Å². The summed E-state index contributed by atoms with van der Waals surface area (Å²) >= 11 is -2.63. The molecule has 0 bridgehead atoms. The van der Waals surface area contributed by atoms with Gasteiger partial charge >= 0.3 is 29.6 Å². The van der Waals surface area contributed by atoms with Crippen LogP contribution in [-0.4, -0.2) is 27.0 Å². The van der Waals surface area contributed by atoms with Gasteiger partial charge in [0.05, 0.1) is 13.2 Å². The molecule has 1 unspecified atom stereocenters. The van der Waals surface area contributed by atoms with Crippen LogP contribution in [-0.2, 0) is 15.8 Å². The predicted octanol–water partition coefficient (Wildman–Crippen LogP) is -3.43. The Bertz CT molecular complexity index is 126. The molecule has 1 atom stereocenters. The molecule has 1 saturated heterocycles. The maximum atomic E-state index is 12.3. The summed E-state index contributed by atoms with van der Waals surface area (Å²) in [4.78, 5) is 0. The Morgan fingerprint density at radius 3 is 2.11 bits per heavy atom. The number of rotatable bonds is 1. The molecule has 1 aliphatic rings. The minimum absolute atomic E-state index is 0. The van der Waals surface area contributed by atoms with Gasteiger partial charge in [0.1, 0.15) is 0 Å². The van der Waals surface area contributed by atoms with Gasteiger partial charge in [0.25, 0.3) is 0 Å². The smallest absolute Gasteiger partial charge is 0.770 e. The van der Waals surface area contributed by atoms with Crippen molar-refractivity contribution < 1.29 is 47.4 Å². The Labute approximate surface area is 76.5 Å². The third kappa shape index (κ3) is 1.96. The molecule has 1 heterocycles. The van der Waals surface area contributed by atoms with E-state index in [-0.39, 0.29) is 42.8 Å². The van der Waals surface area contributed by atoms with Crippen molar-refractivity contribution in [1.29, 1.82) is 0 Å². The first-order valence-electron chi connectivity index (χ1n) is 2.01. The summed E-state index contributed by atoms with van der Waals surface area (Å²) in [7, 11) is 0. The van der Waals surface area contributed by atoms with Crippen LogP contribution in [0.3, 0.4) is 0 Å². The van der Waals surface area contributed by atoms with Crippen LogP contribution in [0, 0.1) is 0 Å². The van der Waals surface area contributed by atoms with Crippen LogP contribution in [0.4, 0.5) is 4.39 Å². The summed E-state index contributed by atoms with van der Waals surface area (Å²) in [6.07, 6.45) is 0. The van der Waals surface area contributed by atoms with E-state index in [2.05, 4.69) is 4.74 Å². The number of hydrogen-bond acceptors (Lipinski definition) is 3. The van der Waals surface area contributed by atoms with Crippen molar-refractivity contribution in [2.75, 3.05) is 13.2 Å². The second-order valence-electron chi connectivity index (χ2n) is 1.61. The monoisotopic (exact) mass is 162 g/mol. The average molecular weight is 162 g/mol. The maximum absolute atomic E-state index is 12.3. The predicted molar refractivity (Wildman–Crippen MR) is 23.6 cm³/mol. The molecule has 0 saturated carbocycles. The summed E-state index contributed by atoms with van der Waals surface area (Å²) in [6, 6.07) is 0. The Morgan fingerprint density at radius 1 is 1.67 bits per heavy atom. The minimum Gasteiger partial charge on any atom is -0.770 e. The van der Waals surface area contributed by atoms with Crippen molar-refractivity contribution in [3.63, 3.8) is 0 Å². The molecule has 0 radical (unpaired) electrons. The van der Waals surface area contributed by atoms with Crippen molar-refractivity contribution in [2.24, 2.45) is 0 Å². The molecule has 9 heavy (non-hydrogen) atoms. The van der Waals surface area contributed by atoms with E-state index in [0.717, 1.165) is 0 Å². The topological polar surface area (TPSA) is 49.4 Å². The fourth-order valence-electron chi connectivity index (χ4n) is 0.359. The zero-order valence-corrected chi connectivity index (χ0v) is 7.74. The Morgan fingerprint density at radius 2 is 2.11 bits per heavy atom. The molecular weight excluding hydrogens is 158 g/mol. The molecule has 0 aliphatic carbocycles. The molecule has 1 aliphatic heterocycles. The molecule has 1 fully saturated rings. The summed E-state index contributed by atoms with van der Waals surface area (Å²) in [5.41, 5.74) is 0. The van der Waals surface area contributed by atoms with E-state index in [1.54, 1.807) is 0 Å². The Balaban J connectivity index is 0.000000640.